The van der Waals surface area contributed by atoms with Gasteiger partial charge in [0.1, 0.15) is 6.04 Å². The maximum Gasteiger partial charge on any atom is 0.250 e. The van der Waals surface area contributed by atoms with Crippen LogP contribution in [0.3, 0.4) is 0 Å². The number of allylic oxidation sites excluding steroid dienone is 2. The first-order valence-electron chi connectivity index (χ1n) is 7.57. The van der Waals surface area contributed by atoms with E-state index in [1.807, 2.05) is 30.9 Å². The lowest BCUT2D eigenvalue weighted by molar-refractivity contribution is -0.142. The highest BCUT2D eigenvalue weighted by molar-refractivity contribution is 6.00. The first-order valence-corrected chi connectivity index (χ1v) is 7.57. The molecule has 2 unspecified atom stereocenters. The molecule has 4 nitrogen and oxygen atoms in total. The zero-order valence-corrected chi connectivity index (χ0v) is 13.1. The third-order valence-corrected chi connectivity index (χ3v) is 4.50. The molecule has 114 valence electrons. The van der Waals surface area contributed by atoms with Gasteiger partial charge in [0.05, 0.1) is 0 Å². The molecule has 2 atom stereocenters. The van der Waals surface area contributed by atoms with Crippen LogP contribution in [-0.4, -0.2) is 46.8 Å². The molecule has 0 aromatic heterocycles. The van der Waals surface area contributed by atoms with Gasteiger partial charge >= 0.3 is 0 Å². The molecule has 2 rings (SSSR count). The number of likely N-dealkylation sites (tertiary alicyclic amines) is 1. The van der Waals surface area contributed by atoms with Gasteiger partial charge in [-0.3, -0.25) is 9.59 Å². The Bertz CT molecular complexity index is 519. The van der Waals surface area contributed by atoms with Crippen molar-refractivity contribution < 1.29 is 9.59 Å². The predicted molar refractivity (Wildman–Crippen MR) is 83.6 cm³/mol. The van der Waals surface area contributed by atoms with Gasteiger partial charge in [0.15, 0.2) is 0 Å². The van der Waals surface area contributed by atoms with Crippen molar-refractivity contribution in [2.75, 3.05) is 13.1 Å². The summed E-state index contributed by atoms with van der Waals surface area (Å²) < 4.78 is 0. The number of amides is 2. The highest BCUT2D eigenvalue weighted by Gasteiger charge is 2.36. The quantitative estimate of drug-likeness (QED) is 0.745. The Morgan fingerprint density at radius 2 is 2.19 bits per heavy atom. The van der Waals surface area contributed by atoms with Crippen molar-refractivity contribution in [1.82, 2.24) is 9.80 Å². The Balaban J connectivity index is 2.09. The summed E-state index contributed by atoms with van der Waals surface area (Å²) in [5.41, 5.74) is 1.69. The standard InChI is InChI=1S/C17H24N2O2/c1-5-6-9-15-11-19(16(20)13(15)3)14(4)17(21)18-10-7-8-12(18)2/h5-6,9,12,14H,1,7-8,10-11H2,2-4H3/b9-6-. The number of nitrogens with zero attached hydrogens (tertiary/aromatic N) is 2. The van der Waals surface area contributed by atoms with Crippen LogP contribution in [0.1, 0.15) is 33.6 Å². The molecule has 0 spiro atoms. The zero-order valence-electron chi connectivity index (χ0n) is 13.1. The molecule has 0 N–H and O–H groups in total. The fourth-order valence-corrected chi connectivity index (χ4v) is 3.04. The smallest absolute Gasteiger partial charge is 0.250 e. The van der Waals surface area contributed by atoms with Gasteiger partial charge in [-0.05, 0) is 39.2 Å². The lowest BCUT2D eigenvalue weighted by Gasteiger charge is -2.30. The molecule has 0 bridgehead atoms. The van der Waals surface area contributed by atoms with Gasteiger partial charge in [-0.1, -0.05) is 24.8 Å². The van der Waals surface area contributed by atoms with Gasteiger partial charge in [-0.2, -0.15) is 0 Å². The number of carbonyl (C=O) groups excluding carboxylic acids is 2. The molecule has 4 heteroatoms. The van der Waals surface area contributed by atoms with Crippen LogP contribution in [0.15, 0.2) is 36.0 Å². The van der Waals surface area contributed by atoms with Gasteiger partial charge in [-0.15, -0.1) is 0 Å². The minimum absolute atomic E-state index is 0.0357. The van der Waals surface area contributed by atoms with Crippen molar-refractivity contribution in [1.29, 1.82) is 0 Å². The summed E-state index contributed by atoms with van der Waals surface area (Å²) in [5, 5.41) is 0. The van der Waals surface area contributed by atoms with Crippen molar-refractivity contribution in [2.24, 2.45) is 0 Å². The maximum atomic E-state index is 12.6. The summed E-state index contributed by atoms with van der Waals surface area (Å²) in [6.07, 6.45) is 7.52. The largest absolute Gasteiger partial charge is 0.338 e. The second-order valence-corrected chi connectivity index (χ2v) is 5.88. The van der Waals surface area contributed by atoms with E-state index in [0.29, 0.717) is 6.54 Å². The SMILES string of the molecule is C=C/C=C\C1=C(C)C(=O)N(C(C)C(=O)N2CCCC2C)C1. The Hall–Kier alpha value is -1.84. The van der Waals surface area contributed by atoms with Crippen LogP contribution in [-0.2, 0) is 9.59 Å². The summed E-state index contributed by atoms with van der Waals surface area (Å²) in [7, 11) is 0. The highest BCUT2D eigenvalue weighted by atomic mass is 16.2. The third-order valence-electron chi connectivity index (χ3n) is 4.50. The second kappa shape index (κ2) is 6.29. The van der Waals surface area contributed by atoms with Gasteiger partial charge in [0.2, 0.25) is 5.91 Å². The van der Waals surface area contributed by atoms with Gasteiger partial charge in [0, 0.05) is 24.7 Å². The molecule has 0 radical (unpaired) electrons. The van der Waals surface area contributed by atoms with E-state index in [1.54, 1.807) is 11.0 Å². The van der Waals surface area contributed by atoms with Crippen molar-refractivity contribution in [3.8, 4) is 0 Å². The Labute approximate surface area is 126 Å². The van der Waals surface area contributed by atoms with E-state index in [4.69, 9.17) is 0 Å². The molecule has 1 saturated heterocycles. The maximum absolute atomic E-state index is 12.6. The molecule has 0 aromatic rings. The van der Waals surface area contributed by atoms with Crippen molar-refractivity contribution >= 4 is 11.8 Å². The van der Waals surface area contributed by atoms with Crippen LogP contribution < -0.4 is 0 Å². The summed E-state index contributed by atoms with van der Waals surface area (Å²) in [5.74, 6) is 0.0292. The van der Waals surface area contributed by atoms with Crippen LogP contribution in [0.4, 0.5) is 0 Å². The van der Waals surface area contributed by atoms with E-state index in [9.17, 15) is 9.59 Å². The van der Waals surface area contributed by atoms with Crippen LogP contribution in [0.5, 0.6) is 0 Å². The lowest BCUT2D eigenvalue weighted by Crippen LogP contribution is -2.49. The number of carbonyl (C=O) groups is 2. The summed E-state index contributed by atoms with van der Waals surface area (Å²) in [6, 6.07) is -0.116. The van der Waals surface area contributed by atoms with Gasteiger partial charge in [-0.25, -0.2) is 0 Å². The molecule has 0 aliphatic carbocycles. The van der Waals surface area contributed by atoms with E-state index in [2.05, 4.69) is 13.5 Å². The van der Waals surface area contributed by atoms with E-state index < -0.39 is 6.04 Å². The van der Waals surface area contributed by atoms with Crippen LogP contribution in [0.2, 0.25) is 0 Å². The van der Waals surface area contributed by atoms with E-state index in [1.165, 1.54) is 0 Å². The van der Waals surface area contributed by atoms with Gasteiger partial charge < -0.3 is 9.80 Å². The average Bonchev–Trinajstić information content (AvgIpc) is 3.01. The Kier molecular flexibility index (Phi) is 4.66. The fourth-order valence-electron chi connectivity index (χ4n) is 3.04. The average molecular weight is 288 g/mol. The zero-order chi connectivity index (χ0) is 15.6. The topological polar surface area (TPSA) is 40.6 Å². The molecule has 2 amide bonds. The predicted octanol–water partition coefficient (Wildman–Crippen LogP) is 2.29. The van der Waals surface area contributed by atoms with Crippen LogP contribution >= 0.6 is 0 Å². The monoisotopic (exact) mass is 288 g/mol. The molecule has 1 fully saturated rings. The summed E-state index contributed by atoms with van der Waals surface area (Å²) >= 11 is 0. The molecular weight excluding hydrogens is 264 g/mol. The molecule has 2 aliphatic heterocycles. The van der Waals surface area contributed by atoms with Crippen molar-refractivity contribution in [2.45, 2.75) is 45.7 Å². The highest BCUT2D eigenvalue weighted by Crippen LogP contribution is 2.25. The molecule has 0 aromatic carbocycles. The number of hydrogen-bond acceptors (Lipinski definition) is 2. The van der Waals surface area contributed by atoms with Crippen molar-refractivity contribution in [3.63, 3.8) is 0 Å². The van der Waals surface area contributed by atoms with Crippen molar-refractivity contribution in [3.05, 3.63) is 36.0 Å². The molecule has 21 heavy (non-hydrogen) atoms. The van der Waals surface area contributed by atoms with E-state index in [-0.39, 0.29) is 17.9 Å². The normalized spacial score (nSPS) is 24.3. The Morgan fingerprint density at radius 1 is 1.48 bits per heavy atom. The van der Waals surface area contributed by atoms with Crippen LogP contribution in [0.25, 0.3) is 0 Å². The molecular formula is C17H24N2O2. The summed E-state index contributed by atoms with van der Waals surface area (Å²) in [6.45, 7) is 10.7. The fraction of sp³-hybridized carbons (Fsp3) is 0.529. The van der Waals surface area contributed by atoms with E-state index >= 15 is 0 Å². The van der Waals surface area contributed by atoms with E-state index in [0.717, 1.165) is 30.5 Å². The number of hydrogen-bond donors (Lipinski definition) is 0. The minimum atomic E-state index is -0.400. The molecule has 2 heterocycles. The van der Waals surface area contributed by atoms with Crippen LogP contribution in [0, 0.1) is 0 Å². The first kappa shape index (κ1) is 15.5. The third kappa shape index (κ3) is 2.94. The lowest BCUT2D eigenvalue weighted by atomic mass is 10.1. The summed E-state index contributed by atoms with van der Waals surface area (Å²) in [4.78, 5) is 28.5. The second-order valence-electron chi connectivity index (χ2n) is 5.88. The first-order chi connectivity index (χ1) is 9.97. The molecule has 0 saturated carbocycles. The Morgan fingerprint density at radius 3 is 2.76 bits per heavy atom. The number of rotatable bonds is 4. The van der Waals surface area contributed by atoms with Gasteiger partial charge in [0.25, 0.3) is 5.91 Å². The minimum Gasteiger partial charge on any atom is -0.338 e. The molecule has 2 aliphatic rings.